The van der Waals surface area contributed by atoms with Gasteiger partial charge in [-0.1, -0.05) is 12.8 Å². The number of carboxylic acids is 1. The Balaban J connectivity index is 2.18. The summed E-state index contributed by atoms with van der Waals surface area (Å²) < 4.78 is 6.23. The lowest BCUT2D eigenvalue weighted by Gasteiger charge is -2.12. The van der Waals surface area contributed by atoms with Crippen LogP contribution in [-0.2, 0) is 9.59 Å². The maximum atomic E-state index is 12.2. The molecule has 0 radical (unpaired) electrons. The number of carbonyl (C=O) groups is 2. The van der Waals surface area contributed by atoms with E-state index in [4.69, 9.17) is 9.84 Å². The number of hydrogen-bond donors (Lipinski definition) is 2. The van der Waals surface area contributed by atoms with E-state index in [2.05, 4.69) is 37.2 Å². The zero-order chi connectivity index (χ0) is 18.4. The SMILES string of the molecule is N#CC(=Cc1cc(Br)c(OCC(=O)O)c(Br)c1)C(=O)NC1CCCC1. The van der Waals surface area contributed by atoms with Crippen molar-refractivity contribution in [3.8, 4) is 11.8 Å². The summed E-state index contributed by atoms with van der Waals surface area (Å²) in [4.78, 5) is 22.9. The van der Waals surface area contributed by atoms with Crippen molar-refractivity contribution in [1.29, 1.82) is 5.26 Å². The third-order valence-electron chi connectivity index (χ3n) is 3.73. The van der Waals surface area contributed by atoms with E-state index in [9.17, 15) is 14.9 Å². The molecule has 6 nitrogen and oxygen atoms in total. The maximum Gasteiger partial charge on any atom is 0.341 e. The number of nitrogens with zero attached hydrogens (tertiary/aromatic N) is 1. The number of aliphatic carboxylic acids is 1. The molecule has 0 aromatic heterocycles. The summed E-state index contributed by atoms with van der Waals surface area (Å²) in [5.74, 6) is -1.13. The van der Waals surface area contributed by atoms with Crippen LogP contribution in [0.2, 0.25) is 0 Å². The van der Waals surface area contributed by atoms with Crippen LogP contribution >= 0.6 is 31.9 Å². The van der Waals surface area contributed by atoms with Gasteiger partial charge in [0, 0.05) is 6.04 Å². The molecule has 0 unspecified atom stereocenters. The Bertz CT molecular complexity index is 727. The molecule has 0 bridgehead atoms. The molecule has 8 heteroatoms. The van der Waals surface area contributed by atoms with Crippen molar-refractivity contribution in [3.05, 3.63) is 32.2 Å². The second kappa shape index (κ2) is 9.02. The molecule has 1 saturated carbocycles. The van der Waals surface area contributed by atoms with Crippen LogP contribution in [0.4, 0.5) is 0 Å². The topological polar surface area (TPSA) is 99.4 Å². The first-order valence-corrected chi connectivity index (χ1v) is 9.25. The predicted octanol–water partition coefficient (Wildman–Crippen LogP) is 3.64. The van der Waals surface area contributed by atoms with Gasteiger partial charge in [-0.15, -0.1) is 0 Å². The Labute approximate surface area is 162 Å². The van der Waals surface area contributed by atoms with Crippen molar-refractivity contribution in [2.75, 3.05) is 6.61 Å². The largest absolute Gasteiger partial charge is 0.480 e. The Morgan fingerprint density at radius 3 is 2.44 bits per heavy atom. The number of ether oxygens (including phenoxy) is 1. The van der Waals surface area contributed by atoms with E-state index < -0.39 is 12.6 Å². The Hall–Kier alpha value is -1.85. The molecule has 1 aromatic rings. The van der Waals surface area contributed by atoms with E-state index >= 15 is 0 Å². The van der Waals surface area contributed by atoms with Crippen molar-refractivity contribution >= 4 is 49.8 Å². The van der Waals surface area contributed by atoms with Gasteiger partial charge in [-0.3, -0.25) is 4.79 Å². The summed E-state index contributed by atoms with van der Waals surface area (Å²) in [6.45, 7) is -0.473. The molecule has 25 heavy (non-hydrogen) atoms. The normalized spacial score (nSPS) is 14.8. The molecular weight excluding hydrogens is 456 g/mol. The highest BCUT2D eigenvalue weighted by Crippen LogP contribution is 2.35. The monoisotopic (exact) mass is 470 g/mol. The van der Waals surface area contributed by atoms with Gasteiger partial charge in [0.15, 0.2) is 6.61 Å². The van der Waals surface area contributed by atoms with Crippen molar-refractivity contribution in [2.45, 2.75) is 31.7 Å². The third-order valence-corrected chi connectivity index (χ3v) is 4.91. The lowest BCUT2D eigenvalue weighted by Crippen LogP contribution is -2.33. The minimum absolute atomic E-state index is 0.0184. The van der Waals surface area contributed by atoms with Crippen LogP contribution in [0.15, 0.2) is 26.7 Å². The number of benzene rings is 1. The molecule has 1 amide bonds. The molecule has 132 valence electrons. The van der Waals surface area contributed by atoms with E-state index in [1.807, 2.05) is 6.07 Å². The fourth-order valence-electron chi connectivity index (χ4n) is 2.58. The fraction of sp³-hybridized carbons (Fsp3) is 0.353. The first-order valence-electron chi connectivity index (χ1n) is 7.67. The third kappa shape index (κ3) is 5.58. The van der Waals surface area contributed by atoms with Crippen LogP contribution in [0.25, 0.3) is 6.08 Å². The van der Waals surface area contributed by atoms with Crippen LogP contribution in [-0.4, -0.2) is 29.6 Å². The first-order chi connectivity index (χ1) is 11.9. The van der Waals surface area contributed by atoms with Crippen LogP contribution in [0.3, 0.4) is 0 Å². The maximum absolute atomic E-state index is 12.2. The molecule has 0 spiro atoms. The Morgan fingerprint density at radius 1 is 1.32 bits per heavy atom. The van der Waals surface area contributed by atoms with Crippen molar-refractivity contribution in [1.82, 2.24) is 5.32 Å². The molecule has 1 aromatic carbocycles. The zero-order valence-corrected chi connectivity index (χ0v) is 16.4. The molecule has 1 fully saturated rings. The predicted molar refractivity (Wildman–Crippen MR) is 99.0 cm³/mol. The molecule has 1 aliphatic rings. The van der Waals surface area contributed by atoms with Gasteiger partial charge in [-0.25, -0.2) is 4.79 Å². The summed E-state index contributed by atoms with van der Waals surface area (Å²) in [5.41, 5.74) is 0.629. The van der Waals surface area contributed by atoms with E-state index in [0.29, 0.717) is 20.3 Å². The Kier molecular flexibility index (Phi) is 7.02. The van der Waals surface area contributed by atoms with E-state index in [1.165, 1.54) is 6.08 Å². The molecule has 0 heterocycles. The van der Waals surface area contributed by atoms with E-state index in [-0.39, 0.29) is 17.5 Å². The van der Waals surface area contributed by atoms with Crippen LogP contribution < -0.4 is 10.1 Å². The highest BCUT2D eigenvalue weighted by Gasteiger charge is 2.19. The minimum atomic E-state index is -1.09. The number of amides is 1. The van der Waals surface area contributed by atoms with Gasteiger partial charge in [-0.2, -0.15) is 5.26 Å². The van der Waals surface area contributed by atoms with Gasteiger partial charge in [0.2, 0.25) is 0 Å². The van der Waals surface area contributed by atoms with Gasteiger partial charge in [0.05, 0.1) is 8.95 Å². The van der Waals surface area contributed by atoms with Crippen LogP contribution in [0.5, 0.6) is 5.75 Å². The number of nitriles is 1. The zero-order valence-electron chi connectivity index (χ0n) is 13.2. The van der Waals surface area contributed by atoms with Crippen molar-refractivity contribution in [2.24, 2.45) is 0 Å². The summed E-state index contributed by atoms with van der Waals surface area (Å²) in [6.07, 6.45) is 5.55. The molecule has 0 aliphatic heterocycles. The lowest BCUT2D eigenvalue weighted by molar-refractivity contribution is -0.139. The summed E-state index contributed by atoms with van der Waals surface area (Å²) >= 11 is 6.61. The smallest absolute Gasteiger partial charge is 0.341 e. The first kappa shape index (κ1) is 19.5. The van der Waals surface area contributed by atoms with Gasteiger partial charge >= 0.3 is 5.97 Å². The molecule has 2 N–H and O–H groups in total. The van der Waals surface area contributed by atoms with Gasteiger partial charge < -0.3 is 15.2 Å². The molecule has 2 rings (SSSR count). The molecule has 0 atom stereocenters. The summed E-state index contributed by atoms with van der Waals surface area (Å²) in [6, 6.07) is 5.37. The highest BCUT2D eigenvalue weighted by molar-refractivity contribution is 9.11. The lowest BCUT2D eigenvalue weighted by atomic mass is 10.1. The second-order valence-corrected chi connectivity index (χ2v) is 7.33. The number of hydrogen-bond acceptors (Lipinski definition) is 4. The Morgan fingerprint density at radius 2 is 1.92 bits per heavy atom. The second-order valence-electron chi connectivity index (χ2n) is 5.62. The summed E-state index contributed by atoms with van der Waals surface area (Å²) in [5, 5.41) is 20.9. The van der Waals surface area contributed by atoms with Gasteiger partial charge in [0.1, 0.15) is 17.4 Å². The standard InChI is InChI=1S/C17H16Br2N2O4/c18-13-6-10(7-14(19)16(13)25-9-15(22)23)5-11(8-20)17(24)21-12-3-1-2-4-12/h5-7,12H,1-4,9H2,(H,21,24)(H,22,23). The fourth-order valence-corrected chi connectivity index (χ4v) is 4.03. The van der Waals surface area contributed by atoms with Gasteiger partial charge in [-0.05, 0) is 68.5 Å². The molecule has 1 aliphatic carbocycles. The van der Waals surface area contributed by atoms with Crippen molar-refractivity contribution < 1.29 is 19.4 Å². The summed E-state index contributed by atoms with van der Waals surface area (Å²) in [7, 11) is 0. The number of nitrogens with one attached hydrogen (secondary N) is 1. The number of halogens is 2. The van der Waals surface area contributed by atoms with E-state index in [1.54, 1.807) is 12.1 Å². The molecular formula is C17H16Br2N2O4. The van der Waals surface area contributed by atoms with Crippen molar-refractivity contribution in [3.63, 3.8) is 0 Å². The van der Waals surface area contributed by atoms with Crippen LogP contribution in [0.1, 0.15) is 31.2 Å². The minimum Gasteiger partial charge on any atom is -0.480 e. The average molecular weight is 472 g/mol. The average Bonchev–Trinajstić information content (AvgIpc) is 3.04. The number of carboxylic acid groups (broad SMARTS) is 1. The molecule has 0 saturated heterocycles. The number of carbonyl (C=O) groups excluding carboxylic acids is 1. The van der Waals surface area contributed by atoms with E-state index in [0.717, 1.165) is 25.7 Å². The van der Waals surface area contributed by atoms with Gasteiger partial charge in [0.25, 0.3) is 5.91 Å². The van der Waals surface area contributed by atoms with Crippen LogP contribution in [0, 0.1) is 11.3 Å². The quantitative estimate of drug-likeness (QED) is 0.487. The number of rotatable bonds is 6. The highest BCUT2D eigenvalue weighted by atomic mass is 79.9.